The predicted molar refractivity (Wildman–Crippen MR) is 69.6 cm³/mol. The number of likely N-dealkylation sites (N-methyl/N-ethyl adjacent to an activating group) is 1. The molecule has 1 aliphatic carbocycles. The molecule has 0 amide bonds. The first-order valence-corrected chi connectivity index (χ1v) is 5.86. The summed E-state index contributed by atoms with van der Waals surface area (Å²) in [6.45, 7) is 8.57. The molecule has 0 radical (unpaired) electrons. The van der Waals surface area contributed by atoms with Crippen molar-refractivity contribution in [3.8, 4) is 0 Å². The summed E-state index contributed by atoms with van der Waals surface area (Å²) in [5.74, 6) is 0. The first-order chi connectivity index (χ1) is 7.60. The Bertz CT molecular complexity index is 326. The highest BCUT2D eigenvalue weighted by Crippen LogP contribution is 2.23. The molecule has 90 valence electrons. The van der Waals surface area contributed by atoms with Gasteiger partial charge in [-0.15, -0.1) is 0 Å². The van der Waals surface area contributed by atoms with Crippen LogP contribution in [-0.2, 0) is 4.74 Å². The summed E-state index contributed by atoms with van der Waals surface area (Å²) in [5, 5.41) is 0. The minimum absolute atomic E-state index is 0.119. The van der Waals surface area contributed by atoms with E-state index < -0.39 is 0 Å². The highest BCUT2D eigenvalue weighted by atomic mass is 16.5. The fourth-order valence-electron chi connectivity index (χ4n) is 1.91. The molecule has 1 unspecified atom stereocenters. The molecule has 0 N–H and O–H groups in total. The zero-order valence-electron chi connectivity index (χ0n) is 11.1. The molecule has 0 fully saturated rings. The largest absolute Gasteiger partial charge is 0.373 e. The Kier molecular flexibility index (Phi) is 4.97. The Hall–Kier alpha value is -0.860. The zero-order chi connectivity index (χ0) is 12.1. The molecule has 1 rings (SSSR count). The summed E-state index contributed by atoms with van der Waals surface area (Å²) >= 11 is 0. The SMILES string of the molecule is CCN(C)CC1=C(C)C(OC)C=CC=C1C. The first kappa shape index (κ1) is 13.2. The second kappa shape index (κ2) is 6.02. The molecule has 0 saturated heterocycles. The number of methoxy groups -OCH3 is 1. The van der Waals surface area contributed by atoms with E-state index in [-0.39, 0.29) is 6.10 Å². The smallest absolute Gasteiger partial charge is 0.0969 e. The van der Waals surface area contributed by atoms with Gasteiger partial charge in [0.25, 0.3) is 0 Å². The number of rotatable bonds is 4. The van der Waals surface area contributed by atoms with Gasteiger partial charge in [0.2, 0.25) is 0 Å². The molecule has 2 heteroatoms. The minimum Gasteiger partial charge on any atom is -0.373 e. The standard InChI is InChI=1S/C14H23NO/c1-6-15(4)10-13-11(2)8-7-9-14(16-5)12(13)3/h7-9,14H,6,10H2,1-5H3. The van der Waals surface area contributed by atoms with Crippen LogP contribution in [0.25, 0.3) is 0 Å². The lowest BCUT2D eigenvalue weighted by Gasteiger charge is -2.21. The van der Waals surface area contributed by atoms with Crippen molar-refractivity contribution >= 4 is 0 Å². The van der Waals surface area contributed by atoms with E-state index in [1.54, 1.807) is 7.11 Å². The Morgan fingerprint density at radius 2 is 2.06 bits per heavy atom. The van der Waals surface area contributed by atoms with Gasteiger partial charge in [0.1, 0.15) is 0 Å². The van der Waals surface area contributed by atoms with Crippen LogP contribution in [0.3, 0.4) is 0 Å². The molecule has 1 atom stereocenters. The van der Waals surface area contributed by atoms with Crippen LogP contribution in [0.4, 0.5) is 0 Å². The third-order valence-corrected chi connectivity index (χ3v) is 3.23. The molecule has 0 aliphatic heterocycles. The van der Waals surface area contributed by atoms with E-state index in [1.807, 2.05) is 0 Å². The highest BCUT2D eigenvalue weighted by Gasteiger charge is 2.15. The average Bonchev–Trinajstić information content (AvgIpc) is 2.41. The normalized spacial score (nSPS) is 21.4. The van der Waals surface area contributed by atoms with E-state index in [0.29, 0.717) is 0 Å². The Morgan fingerprint density at radius 1 is 1.38 bits per heavy atom. The molecular weight excluding hydrogens is 198 g/mol. The summed E-state index contributed by atoms with van der Waals surface area (Å²) < 4.78 is 5.48. The monoisotopic (exact) mass is 221 g/mol. The number of ether oxygens (including phenoxy) is 1. The van der Waals surface area contributed by atoms with E-state index in [9.17, 15) is 0 Å². The van der Waals surface area contributed by atoms with Gasteiger partial charge in [-0.25, -0.2) is 0 Å². The van der Waals surface area contributed by atoms with Gasteiger partial charge < -0.3 is 9.64 Å². The van der Waals surface area contributed by atoms with E-state index >= 15 is 0 Å². The lowest BCUT2D eigenvalue weighted by Crippen LogP contribution is -2.23. The maximum atomic E-state index is 5.48. The fourth-order valence-corrected chi connectivity index (χ4v) is 1.91. The second-order valence-corrected chi connectivity index (χ2v) is 4.38. The van der Waals surface area contributed by atoms with Gasteiger partial charge in [-0.3, -0.25) is 0 Å². The molecular formula is C14H23NO. The first-order valence-electron chi connectivity index (χ1n) is 5.86. The number of hydrogen-bond donors (Lipinski definition) is 0. The molecule has 0 bridgehead atoms. The number of hydrogen-bond acceptors (Lipinski definition) is 2. The molecule has 0 aromatic carbocycles. The molecule has 0 heterocycles. The van der Waals surface area contributed by atoms with Gasteiger partial charge in [0, 0.05) is 13.7 Å². The Balaban J connectivity index is 2.98. The van der Waals surface area contributed by atoms with Gasteiger partial charge in [-0.2, -0.15) is 0 Å². The molecule has 2 nitrogen and oxygen atoms in total. The van der Waals surface area contributed by atoms with Crippen molar-refractivity contribution in [3.05, 3.63) is 34.9 Å². The van der Waals surface area contributed by atoms with Crippen LogP contribution < -0.4 is 0 Å². The Morgan fingerprint density at radius 3 is 2.62 bits per heavy atom. The van der Waals surface area contributed by atoms with Crippen molar-refractivity contribution < 1.29 is 4.74 Å². The van der Waals surface area contributed by atoms with Gasteiger partial charge >= 0.3 is 0 Å². The van der Waals surface area contributed by atoms with Crippen LogP contribution in [-0.4, -0.2) is 38.3 Å². The molecule has 1 aliphatic rings. The second-order valence-electron chi connectivity index (χ2n) is 4.38. The summed E-state index contributed by atoms with van der Waals surface area (Å²) in [5.41, 5.74) is 4.07. The van der Waals surface area contributed by atoms with Crippen LogP contribution in [0.15, 0.2) is 34.9 Å². The summed E-state index contributed by atoms with van der Waals surface area (Å²) in [4.78, 5) is 2.31. The van der Waals surface area contributed by atoms with E-state index in [4.69, 9.17) is 4.74 Å². The van der Waals surface area contributed by atoms with Crippen molar-refractivity contribution in [1.82, 2.24) is 4.90 Å². The van der Waals surface area contributed by atoms with Gasteiger partial charge in [-0.05, 0) is 44.2 Å². The third-order valence-electron chi connectivity index (χ3n) is 3.23. The molecule has 0 spiro atoms. The zero-order valence-corrected chi connectivity index (χ0v) is 11.1. The number of allylic oxidation sites excluding steroid dienone is 2. The van der Waals surface area contributed by atoms with E-state index in [1.165, 1.54) is 16.7 Å². The predicted octanol–water partition coefficient (Wildman–Crippen LogP) is 2.79. The van der Waals surface area contributed by atoms with Gasteiger partial charge in [0.15, 0.2) is 0 Å². The topological polar surface area (TPSA) is 12.5 Å². The van der Waals surface area contributed by atoms with E-state index in [0.717, 1.165) is 13.1 Å². The molecule has 0 saturated carbocycles. The van der Waals surface area contributed by atoms with Crippen LogP contribution in [0.5, 0.6) is 0 Å². The third kappa shape index (κ3) is 3.06. The maximum absolute atomic E-state index is 5.48. The van der Waals surface area contributed by atoms with Gasteiger partial charge in [0.05, 0.1) is 6.10 Å². The fraction of sp³-hybridized carbons (Fsp3) is 0.571. The molecule has 0 aromatic heterocycles. The molecule has 16 heavy (non-hydrogen) atoms. The maximum Gasteiger partial charge on any atom is 0.0969 e. The van der Waals surface area contributed by atoms with Crippen molar-refractivity contribution in [1.29, 1.82) is 0 Å². The summed E-state index contributed by atoms with van der Waals surface area (Å²) in [6.07, 6.45) is 6.49. The Labute approximate surface area is 99.3 Å². The quantitative estimate of drug-likeness (QED) is 0.724. The van der Waals surface area contributed by atoms with Crippen LogP contribution in [0.1, 0.15) is 20.8 Å². The minimum atomic E-state index is 0.119. The van der Waals surface area contributed by atoms with Crippen molar-refractivity contribution in [2.75, 3.05) is 27.2 Å². The van der Waals surface area contributed by atoms with E-state index in [2.05, 4.69) is 50.9 Å². The van der Waals surface area contributed by atoms with Crippen LogP contribution >= 0.6 is 0 Å². The van der Waals surface area contributed by atoms with Crippen LogP contribution in [0, 0.1) is 0 Å². The van der Waals surface area contributed by atoms with Crippen molar-refractivity contribution in [2.45, 2.75) is 26.9 Å². The summed E-state index contributed by atoms with van der Waals surface area (Å²) in [6, 6.07) is 0. The van der Waals surface area contributed by atoms with Crippen LogP contribution in [0.2, 0.25) is 0 Å². The molecule has 0 aromatic rings. The number of nitrogens with zero attached hydrogens (tertiary/aromatic N) is 1. The summed E-state index contributed by atoms with van der Waals surface area (Å²) in [7, 11) is 3.91. The van der Waals surface area contributed by atoms with Crippen molar-refractivity contribution in [3.63, 3.8) is 0 Å². The highest BCUT2D eigenvalue weighted by molar-refractivity contribution is 5.42. The lowest BCUT2D eigenvalue weighted by atomic mass is 9.99. The van der Waals surface area contributed by atoms with Crippen molar-refractivity contribution in [2.24, 2.45) is 0 Å². The average molecular weight is 221 g/mol. The van der Waals surface area contributed by atoms with Gasteiger partial charge in [-0.1, -0.05) is 25.2 Å². The lowest BCUT2D eigenvalue weighted by molar-refractivity contribution is 0.167.